The van der Waals surface area contributed by atoms with E-state index in [0.717, 1.165) is 66.7 Å². The highest BCUT2D eigenvalue weighted by molar-refractivity contribution is 6.31. The lowest BCUT2D eigenvalue weighted by molar-refractivity contribution is -0.116. The molecule has 0 fully saturated rings. The molecule has 8 rings (SSSR count). The Morgan fingerprint density at radius 3 is 1.53 bits per heavy atom. The largest absolute Gasteiger partial charge is 0.465 e. The lowest BCUT2D eigenvalue weighted by atomic mass is 9.99. The van der Waals surface area contributed by atoms with Gasteiger partial charge in [0.2, 0.25) is 0 Å². The fourth-order valence-corrected chi connectivity index (χ4v) is 7.68. The van der Waals surface area contributed by atoms with Crippen LogP contribution in [0, 0.1) is 0 Å². The molecule has 0 radical (unpaired) electrons. The second kappa shape index (κ2) is 17.9. The van der Waals surface area contributed by atoms with E-state index in [1.807, 2.05) is 73.1 Å². The van der Waals surface area contributed by atoms with E-state index in [9.17, 15) is 14.4 Å². The Morgan fingerprint density at radius 1 is 0.559 bits per heavy atom. The molecule has 8 nitrogen and oxygen atoms in total. The van der Waals surface area contributed by atoms with Crippen molar-refractivity contribution in [3.05, 3.63) is 195 Å². The number of methoxy groups -OCH3 is 2. The highest BCUT2D eigenvalue weighted by Gasteiger charge is 2.16. The van der Waals surface area contributed by atoms with Crippen molar-refractivity contribution in [2.75, 3.05) is 20.0 Å². The average molecular weight is 823 g/mol. The summed E-state index contributed by atoms with van der Waals surface area (Å²) in [6.45, 7) is 1.61. The molecule has 0 amide bonds. The number of nitrogens with two attached hydrogens (primary N) is 1. The van der Waals surface area contributed by atoms with Crippen LogP contribution in [0.15, 0.2) is 146 Å². The van der Waals surface area contributed by atoms with Gasteiger partial charge in [0, 0.05) is 45.3 Å². The second-order valence-corrected chi connectivity index (χ2v) is 15.0. The first-order valence-corrected chi connectivity index (χ1v) is 19.6. The molecule has 0 aliphatic rings. The Balaban J connectivity index is 0.000000180. The fourth-order valence-electron chi connectivity index (χ4n) is 7.34. The van der Waals surface area contributed by atoms with Gasteiger partial charge in [-0.15, -0.1) is 0 Å². The molecular formula is C49H41Cl2N3O5. The Labute approximate surface area is 352 Å². The number of rotatable bonds is 10. The summed E-state index contributed by atoms with van der Waals surface area (Å²) in [6.07, 6.45) is 5.64. The van der Waals surface area contributed by atoms with Gasteiger partial charge in [-0.05, 0) is 126 Å². The molecule has 0 unspecified atom stereocenters. The Hall–Kier alpha value is -6.61. The summed E-state index contributed by atoms with van der Waals surface area (Å²) < 4.78 is 14.0. The van der Waals surface area contributed by atoms with Crippen molar-refractivity contribution in [1.29, 1.82) is 0 Å². The van der Waals surface area contributed by atoms with Crippen LogP contribution >= 0.6 is 23.2 Å². The molecule has 59 heavy (non-hydrogen) atoms. The molecule has 2 aromatic heterocycles. The summed E-state index contributed by atoms with van der Waals surface area (Å²) in [7, 11) is 2.74. The Morgan fingerprint density at radius 2 is 1.03 bits per heavy atom. The number of anilines is 1. The molecular weight excluding hydrogens is 781 g/mol. The van der Waals surface area contributed by atoms with Gasteiger partial charge in [0.15, 0.2) is 0 Å². The van der Waals surface area contributed by atoms with Gasteiger partial charge in [0.25, 0.3) is 0 Å². The number of hydrogen-bond donors (Lipinski definition) is 1. The molecule has 0 saturated carbocycles. The van der Waals surface area contributed by atoms with E-state index in [0.29, 0.717) is 40.4 Å². The number of halogens is 2. The van der Waals surface area contributed by atoms with Crippen molar-refractivity contribution in [2.45, 2.75) is 26.2 Å². The van der Waals surface area contributed by atoms with Crippen molar-refractivity contribution >= 4 is 68.4 Å². The highest BCUT2D eigenvalue weighted by atomic mass is 35.5. The maximum atomic E-state index is 12.1. The van der Waals surface area contributed by atoms with Gasteiger partial charge < -0.3 is 24.3 Å². The van der Waals surface area contributed by atoms with Crippen LogP contribution < -0.4 is 5.73 Å². The molecule has 0 aliphatic heterocycles. The molecule has 2 N–H and O–H groups in total. The number of ketones is 1. The van der Waals surface area contributed by atoms with Gasteiger partial charge in [0.05, 0.1) is 47.8 Å². The van der Waals surface area contributed by atoms with E-state index in [4.69, 9.17) is 38.4 Å². The summed E-state index contributed by atoms with van der Waals surface area (Å²) in [4.78, 5) is 35.9. The molecule has 0 saturated heterocycles. The van der Waals surface area contributed by atoms with Crippen molar-refractivity contribution in [3.63, 3.8) is 0 Å². The van der Waals surface area contributed by atoms with Crippen LogP contribution in [0.4, 0.5) is 5.69 Å². The van der Waals surface area contributed by atoms with Gasteiger partial charge in [-0.1, -0.05) is 77.8 Å². The maximum absolute atomic E-state index is 12.1. The van der Waals surface area contributed by atoms with Gasteiger partial charge >= 0.3 is 11.9 Å². The minimum atomic E-state index is -0.396. The normalized spacial score (nSPS) is 10.9. The number of fused-ring (bicyclic) bond motifs is 2. The zero-order valence-corrected chi connectivity index (χ0v) is 34.3. The maximum Gasteiger partial charge on any atom is 0.338 e. The molecule has 0 bridgehead atoms. The third kappa shape index (κ3) is 9.10. The Bertz CT molecular complexity index is 2860. The summed E-state index contributed by atoms with van der Waals surface area (Å²) in [5.74, 6) is -0.647. The van der Waals surface area contributed by atoms with Crippen LogP contribution in [0.25, 0.3) is 33.2 Å². The van der Waals surface area contributed by atoms with E-state index in [1.54, 1.807) is 31.2 Å². The van der Waals surface area contributed by atoms with Crippen LogP contribution in [0.5, 0.6) is 0 Å². The fraction of sp³-hybridized carbons (Fsp3) is 0.122. The monoisotopic (exact) mass is 821 g/mol. The molecule has 10 heteroatoms. The number of nitrogens with zero attached hydrogens (tertiary/aromatic N) is 2. The Kier molecular flexibility index (Phi) is 12.3. The predicted molar refractivity (Wildman–Crippen MR) is 237 cm³/mol. The predicted octanol–water partition coefficient (Wildman–Crippen LogP) is 11.0. The van der Waals surface area contributed by atoms with Crippen LogP contribution in [-0.4, -0.2) is 41.1 Å². The number of carbonyl (C=O) groups is 3. The number of ether oxygens (including phenoxy) is 2. The first kappa shape index (κ1) is 40.6. The van der Waals surface area contributed by atoms with E-state index in [-0.39, 0.29) is 11.8 Å². The van der Waals surface area contributed by atoms with Crippen LogP contribution in [0.1, 0.15) is 55.5 Å². The number of aromatic nitrogens is 2. The van der Waals surface area contributed by atoms with Gasteiger partial charge in [-0.25, -0.2) is 9.59 Å². The number of carbonyl (C=O) groups excluding carboxylic acids is 3. The summed E-state index contributed by atoms with van der Waals surface area (Å²) in [5, 5.41) is 3.20. The molecule has 296 valence electrons. The number of esters is 2. The summed E-state index contributed by atoms with van der Waals surface area (Å²) in [6, 6.07) is 43.0. The molecule has 0 spiro atoms. The van der Waals surface area contributed by atoms with Crippen LogP contribution in [0.2, 0.25) is 10.0 Å². The van der Waals surface area contributed by atoms with Gasteiger partial charge in [-0.2, -0.15) is 0 Å². The minimum Gasteiger partial charge on any atom is -0.465 e. The molecule has 6 aromatic carbocycles. The first-order valence-electron chi connectivity index (χ1n) is 18.9. The second-order valence-electron chi connectivity index (χ2n) is 14.2. The SMILES string of the molecule is COC(=O)c1cc(Cl)ccc1Cc1ccc2c(ccn2-c2ccccc2CC(C)=O)c1.COC(=O)c1cc(Cl)ccc1Cc1ccc2c(ccn2-c2ccccc2N)c1. The number of para-hydroxylation sites is 3. The lowest BCUT2D eigenvalue weighted by Gasteiger charge is -2.12. The van der Waals surface area contributed by atoms with E-state index < -0.39 is 5.97 Å². The van der Waals surface area contributed by atoms with Gasteiger partial charge in [-0.3, -0.25) is 4.79 Å². The quantitative estimate of drug-likeness (QED) is 0.109. The molecule has 0 atom stereocenters. The summed E-state index contributed by atoms with van der Waals surface area (Å²) >= 11 is 12.1. The first-order chi connectivity index (χ1) is 28.5. The highest BCUT2D eigenvalue weighted by Crippen LogP contribution is 2.29. The van der Waals surface area contributed by atoms with Crippen LogP contribution in [0.3, 0.4) is 0 Å². The average Bonchev–Trinajstić information content (AvgIpc) is 3.86. The van der Waals surface area contributed by atoms with E-state index in [1.165, 1.54) is 14.2 Å². The zero-order valence-electron chi connectivity index (χ0n) is 32.7. The van der Waals surface area contributed by atoms with Crippen molar-refractivity contribution in [3.8, 4) is 11.4 Å². The number of benzene rings is 6. The minimum absolute atomic E-state index is 0.135. The molecule has 8 aromatic rings. The summed E-state index contributed by atoms with van der Waals surface area (Å²) in [5.41, 5.74) is 16.8. The standard InChI is InChI=1S/C26H22ClNO3.C23H19ClN2O2/c1-17(29)13-20-5-3-4-6-24(20)28-12-11-21-15-18(7-10-25(21)28)14-19-8-9-22(27)16-23(19)26(30)31-2;1-28-23(27)19-14-18(24)8-7-16(19)12-15-6-9-21-17(13-15)10-11-26(21)22-5-3-2-4-20(22)25/h3-12,15-16H,13-14H2,1-2H3;2-11,13-14H,12,25H2,1H3. The van der Waals surface area contributed by atoms with E-state index >= 15 is 0 Å². The van der Waals surface area contributed by atoms with Crippen LogP contribution in [-0.2, 0) is 33.5 Å². The van der Waals surface area contributed by atoms with Gasteiger partial charge in [0.1, 0.15) is 5.78 Å². The topological polar surface area (TPSA) is 106 Å². The van der Waals surface area contributed by atoms with Crippen molar-refractivity contribution in [2.24, 2.45) is 0 Å². The smallest absolute Gasteiger partial charge is 0.338 e. The third-order valence-electron chi connectivity index (χ3n) is 10.1. The number of Topliss-reactive ketones (excluding diaryl/α,β-unsaturated/α-hetero) is 1. The number of nitrogen functional groups attached to an aromatic ring is 1. The van der Waals surface area contributed by atoms with Crippen molar-refractivity contribution in [1.82, 2.24) is 9.13 Å². The number of hydrogen-bond acceptors (Lipinski definition) is 6. The third-order valence-corrected chi connectivity index (χ3v) is 10.6. The van der Waals surface area contributed by atoms with Crippen molar-refractivity contribution < 1.29 is 23.9 Å². The molecule has 0 aliphatic carbocycles. The lowest BCUT2D eigenvalue weighted by Crippen LogP contribution is -2.06. The van der Waals surface area contributed by atoms with E-state index in [2.05, 4.69) is 57.7 Å². The zero-order chi connectivity index (χ0) is 41.6. The molecule has 2 heterocycles.